The number of aliphatic hydroxyl groups excluding tert-OH is 1. The van der Waals surface area contributed by atoms with Crippen molar-refractivity contribution in [2.75, 3.05) is 52.4 Å². The molecule has 92 valence electrons. The van der Waals surface area contributed by atoms with Crippen LogP contribution in [-0.2, 0) is 0 Å². The van der Waals surface area contributed by atoms with Crippen LogP contribution in [0.1, 0.15) is 12.8 Å². The van der Waals surface area contributed by atoms with Crippen LogP contribution in [0.5, 0.6) is 0 Å². The van der Waals surface area contributed by atoms with E-state index < -0.39 is 0 Å². The first-order valence-electron chi connectivity index (χ1n) is 6.64. The van der Waals surface area contributed by atoms with Gasteiger partial charge in [0.05, 0.1) is 6.61 Å². The van der Waals surface area contributed by atoms with Crippen LogP contribution in [0, 0.1) is 5.92 Å². The molecule has 2 N–H and O–H groups in total. The Balaban J connectivity index is 1.80. The first-order chi connectivity index (χ1) is 7.85. The monoisotopic (exact) mass is 225 g/mol. The van der Waals surface area contributed by atoms with Gasteiger partial charge in [0.1, 0.15) is 0 Å². The number of hydrogen-bond acceptors (Lipinski definition) is 4. The Morgan fingerprint density at radius 2 is 2.00 bits per heavy atom. The summed E-state index contributed by atoms with van der Waals surface area (Å²) in [5.74, 6) is 0.698. The molecule has 0 spiro atoms. The molecule has 0 aromatic rings. The molecule has 0 saturated carbocycles. The summed E-state index contributed by atoms with van der Waals surface area (Å²) in [5.41, 5.74) is 0.106. The molecule has 3 atom stereocenters. The predicted molar refractivity (Wildman–Crippen MR) is 63.4 cm³/mol. The zero-order valence-electron chi connectivity index (χ0n) is 9.99. The molecule has 3 unspecified atom stereocenters. The van der Waals surface area contributed by atoms with E-state index >= 15 is 0 Å². The highest BCUT2D eigenvalue weighted by Gasteiger charge is 2.49. The third kappa shape index (κ3) is 1.59. The maximum absolute atomic E-state index is 9.93. The molecule has 3 fully saturated rings. The van der Waals surface area contributed by atoms with Gasteiger partial charge in [-0.05, 0) is 25.3 Å². The molecule has 2 bridgehead atoms. The maximum atomic E-state index is 9.93. The number of piperidine rings is 1. The molecule has 0 radical (unpaired) electrons. The highest BCUT2D eigenvalue weighted by atomic mass is 16.3. The van der Waals surface area contributed by atoms with E-state index in [-0.39, 0.29) is 5.54 Å². The van der Waals surface area contributed by atoms with E-state index in [1.807, 2.05) is 0 Å². The molecule has 3 heterocycles. The highest BCUT2D eigenvalue weighted by Crippen LogP contribution is 2.39. The van der Waals surface area contributed by atoms with Gasteiger partial charge in [-0.1, -0.05) is 0 Å². The molecule has 3 saturated heterocycles. The van der Waals surface area contributed by atoms with Crippen LogP contribution in [0.15, 0.2) is 0 Å². The summed E-state index contributed by atoms with van der Waals surface area (Å²) < 4.78 is 0. The lowest BCUT2D eigenvalue weighted by atomic mass is 9.77. The quantitative estimate of drug-likeness (QED) is 0.655. The Morgan fingerprint density at radius 1 is 1.19 bits per heavy atom. The summed E-state index contributed by atoms with van der Waals surface area (Å²) in [6.07, 6.45) is 2.44. The van der Waals surface area contributed by atoms with Gasteiger partial charge in [-0.2, -0.15) is 0 Å². The Hall–Kier alpha value is -0.160. The summed E-state index contributed by atoms with van der Waals surface area (Å²) in [5, 5.41) is 13.3. The minimum absolute atomic E-state index is 0.106. The standard InChI is InChI=1S/C12H23N3O/c16-10-12(15-7-3-13-4-8-15)2-6-14-5-1-11(12)9-14/h11,13,16H,1-10H2. The van der Waals surface area contributed by atoms with Gasteiger partial charge in [0, 0.05) is 44.8 Å². The van der Waals surface area contributed by atoms with E-state index in [0.29, 0.717) is 12.5 Å². The number of nitrogens with one attached hydrogen (secondary N) is 1. The largest absolute Gasteiger partial charge is 0.394 e. The topological polar surface area (TPSA) is 38.7 Å². The average Bonchev–Trinajstić information content (AvgIpc) is 2.76. The number of piperazine rings is 1. The fourth-order valence-corrected chi connectivity index (χ4v) is 3.86. The molecule has 3 aliphatic rings. The van der Waals surface area contributed by atoms with Crippen molar-refractivity contribution in [2.24, 2.45) is 5.92 Å². The van der Waals surface area contributed by atoms with Gasteiger partial charge >= 0.3 is 0 Å². The maximum Gasteiger partial charge on any atom is 0.0619 e. The lowest BCUT2D eigenvalue weighted by molar-refractivity contribution is -0.0441. The third-order valence-corrected chi connectivity index (χ3v) is 4.91. The summed E-state index contributed by atoms with van der Waals surface area (Å²) in [4.78, 5) is 5.12. The minimum atomic E-state index is 0.106. The van der Waals surface area contributed by atoms with E-state index in [0.717, 1.165) is 32.6 Å². The van der Waals surface area contributed by atoms with Gasteiger partial charge in [-0.3, -0.25) is 4.90 Å². The van der Waals surface area contributed by atoms with Crippen molar-refractivity contribution >= 4 is 0 Å². The molecular formula is C12H23N3O. The minimum Gasteiger partial charge on any atom is -0.394 e. The Bertz CT molecular complexity index is 255. The molecule has 0 aliphatic carbocycles. The Morgan fingerprint density at radius 3 is 2.75 bits per heavy atom. The summed E-state index contributed by atoms with van der Waals surface area (Å²) in [7, 11) is 0. The van der Waals surface area contributed by atoms with Crippen LogP contribution in [0.2, 0.25) is 0 Å². The van der Waals surface area contributed by atoms with Crippen LogP contribution in [0.3, 0.4) is 0 Å². The van der Waals surface area contributed by atoms with Crippen molar-refractivity contribution in [1.82, 2.24) is 15.1 Å². The van der Waals surface area contributed by atoms with Crippen LogP contribution < -0.4 is 5.32 Å². The zero-order valence-corrected chi connectivity index (χ0v) is 9.99. The second-order valence-electron chi connectivity index (χ2n) is 5.53. The molecule has 4 nitrogen and oxygen atoms in total. The summed E-state index contributed by atoms with van der Waals surface area (Å²) in [6.45, 7) is 8.37. The second kappa shape index (κ2) is 4.26. The van der Waals surface area contributed by atoms with Crippen molar-refractivity contribution in [1.29, 1.82) is 0 Å². The molecular weight excluding hydrogens is 202 g/mol. The Labute approximate surface area is 97.6 Å². The van der Waals surface area contributed by atoms with Crippen LogP contribution in [0.25, 0.3) is 0 Å². The van der Waals surface area contributed by atoms with E-state index in [2.05, 4.69) is 15.1 Å². The fraction of sp³-hybridized carbons (Fsp3) is 1.00. The number of fused-ring (bicyclic) bond motifs is 2. The smallest absolute Gasteiger partial charge is 0.0619 e. The first-order valence-corrected chi connectivity index (χ1v) is 6.64. The average molecular weight is 225 g/mol. The highest BCUT2D eigenvalue weighted by molar-refractivity contribution is 5.04. The zero-order chi connectivity index (χ0) is 11.0. The van der Waals surface area contributed by atoms with Gasteiger partial charge in [0.25, 0.3) is 0 Å². The SMILES string of the molecule is OCC1(N2CCNCC2)CCN2CCC1C2. The van der Waals surface area contributed by atoms with Crippen molar-refractivity contribution < 1.29 is 5.11 Å². The molecule has 4 heteroatoms. The molecule has 0 aromatic heterocycles. The molecule has 3 rings (SSSR count). The normalized spacial score (nSPS) is 44.8. The van der Waals surface area contributed by atoms with Crippen LogP contribution >= 0.6 is 0 Å². The lowest BCUT2D eigenvalue weighted by Crippen LogP contribution is -2.64. The predicted octanol–water partition coefficient (Wildman–Crippen LogP) is -0.652. The summed E-state index contributed by atoms with van der Waals surface area (Å²) in [6, 6.07) is 0. The van der Waals surface area contributed by atoms with Gasteiger partial charge in [0.15, 0.2) is 0 Å². The number of hydrogen-bond donors (Lipinski definition) is 2. The van der Waals surface area contributed by atoms with E-state index in [1.165, 1.54) is 26.1 Å². The van der Waals surface area contributed by atoms with Crippen molar-refractivity contribution in [3.05, 3.63) is 0 Å². The van der Waals surface area contributed by atoms with E-state index in [4.69, 9.17) is 0 Å². The van der Waals surface area contributed by atoms with Crippen LogP contribution in [-0.4, -0.2) is 72.9 Å². The van der Waals surface area contributed by atoms with E-state index in [9.17, 15) is 5.11 Å². The van der Waals surface area contributed by atoms with Crippen molar-refractivity contribution in [2.45, 2.75) is 18.4 Å². The summed E-state index contributed by atoms with van der Waals surface area (Å²) >= 11 is 0. The number of aliphatic hydroxyl groups is 1. The molecule has 3 aliphatic heterocycles. The number of rotatable bonds is 2. The van der Waals surface area contributed by atoms with Gasteiger partial charge < -0.3 is 15.3 Å². The van der Waals surface area contributed by atoms with Gasteiger partial charge in [-0.15, -0.1) is 0 Å². The van der Waals surface area contributed by atoms with Gasteiger partial charge in [0.2, 0.25) is 0 Å². The number of nitrogens with zero attached hydrogens (tertiary/aromatic N) is 2. The fourth-order valence-electron chi connectivity index (χ4n) is 3.86. The molecule has 0 aromatic carbocycles. The first kappa shape index (κ1) is 11.0. The molecule has 16 heavy (non-hydrogen) atoms. The van der Waals surface area contributed by atoms with Crippen molar-refractivity contribution in [3.63, 3.8) is 0 Å². The van der Waals surface area contributed by atoms with Crippen LogP contribution in [0.4, 0.5) is 0 Å². The van der Waals surface area contributed by atoms with Crippen molar-refractivity contribution in [3.8, 4) is 0 Å². The third-order valence-electron chi connectivity index (χ3n) is 4.91. The second-order valence-corrected chi connectivity index (χ2v) is 5.53. The van der Waals surface area contributed by atoms with E-state index in [1.54, 1.807) is 0 Å². The Kier molecular flexibility index (Phi) is 2.92. The lowest BCUT2D eigenvalue weighted by Gasteiger charge is -2.51. The van der Waals surface area contributed by atoms with Gasteiger partial charge in [-0.25, -0.2) is 0 Å². The molecule has 0 amide bonds.